The van der Waals surface area contributed by atoms with Gasteiger partial charge in [0.15, 0.2) is 0 Å². The first kappa shape index (κ1) is 15.6. The number of halogens is 4. The summed E-state index contributed by atoms with van der Waals surface area (Å²) in [7, 11) is 0. The van der Waals surface area contributed by atoms with Crippen LogP contribution in [0.2, 0.25) is 0 Å². The minimum absolute atomic E-state index is 0.0487. The van der Waals surface area contributed by atoms with Crippen LogP contribution in [0, 0.1) is 5.82 Å². The predicted molar refractivity (Wildman–Crippen MR) is 89.3 cm³/mol. The lowest BCUT2D eigenvalue weighted by Crippen LogP contribution is -2.21. The fraction of sp³-hybridized carbons (Fsp3) is 0.231. The maximum absolute atomic E-state index is 13.2. The normalized spacial score (nSPS) is 12.7. The number of hydrogen-bond donors (Lipinski definition) is 1. The largest absolute Gasteiger partial charge is 0.306 e. The van der Waals surface area contributed by atoms with Gasteiger partial charge in [0.1, 0.15) is 5.82 Å². The van der Waals surface area contributed by atoms with E-state index in [1.165, 1.54) is 17.0 Å². The molecule has 0 amide bonds. The van der Waals surface area contributed by atoms with Crippen molar-refractivity contribution in [2.75, 3.05) is 6.54 Å². The van der Waals surface area contributed by atoms with Gasteiger partial charge in [0.05, 0.1) is 9.83 Å². The molecule has 0 spiro atoms. The molecule has 1 N–H and O–H groups in total. The summed E-state index contributed by atoms with van der Waals surface area (Å²) in [5.41, 5.74) is 1.03. The third-order valence-corrected chi connectivity index (χ3v) is 6.64. The van der Waals surface area contributed by atoms with Crippen molar-refractivity contribution in [3.05, 3.63) is 53.3 Å². The van der Waals surface area contributed by atoms with Crippen LogP contribution in [0.15, 0.2) is 37.0 Å². The molecule has 2 rings (SSSR count). The quantitative estimate of drug-likeness (QED) is 0.587. The van der Waals surface area contributed by atoms with E-state index < -0.39 is 0 Å². The van der Waals surface area contributed by atoms with Crippen LogP contribution in [0.5, 0.6) is 0 Å². The first-order valence-corrected chi connectivity index (χ1v) is 8.85. The van der Waals surface area contributed by atoms with Crippen molar-refractivity contribution < 1.29 is 4.39 Å². The summed E-state index contributed by atoms with van der Waals surface area (Å²) in [6.07, 6.45) is 0. The van der Waals surface area contributed by atoms with E-state index in [4.69, 9.17) is 0 Å². The second-order valence-electron chi connectivity index (χ2n) is 3.93. The van der Waals surface area contributed by atoms with Gasteiger partial charge >= 0.3 is 0 Å². The Balaban J connectivity index is 2.44. The van der Waals surface area contributed by atoms with Crippen molar-refractivity contribution in [2.24, 2.45) is 0 Å². The molecule has 0 fully saturated rings. The Bertz CT molecular complexity index is 566. The van der Waals surface area contributed by atoms with E-state index in [2.05, 4.69) is 66.1 Å². The number of thiophene rings is 1. The zero-order valence-electron chi connectivity index (χ0n) is 10.0. The van der Waals surface area contributed by atoms with E-state index in [9.17, 15) is 4.39 Å². The van der Waals surface area contributed by atoms with Crippen molar-refractivity contribution in [1.29, 1.82) is 0 Å². The SMILES string of the molecule is CCNC(c1cc(Br)c(Br)s1)c1ccc(F)cc1Br. The highest BCUT2D eigenvalue weighted by Gasteiger charge is 2.19. The highest BCUT2D eigenvalue weighted by molar-refractivity contribution is 9.13. The first-order valence-electron chi connectivity index (χ1n) is 5.66. The van der Waals surface area contributed by atoms with Crippen molar-refractivity contribution in [1.82, 2.24) is 5.32 Å². The van der Waals surface area contributed by atoms with E-state index in [-0.39, 0.29) is 11.9 Å². The molecule has 2 aromatic rings. The van der Waals surface area contributed by atoms with Gasteiger partial charge in [0.25, 0.3) is 0 Å². The van der Waals surface area contributed by atoms with Crippen LogP contribution in [-0.2, 0) is 0 Å². The molecule has 102 valence electrons. The molecular weight excluding hydrogens is 461 g/mol. The molecule has 1 aromatic carbocycles. The molecule has 1 unspecified atom stereocenters. The fourth-order valence-corrected chi connectivity index (χ4v) is 4.57. The Morgan fingerprint density at radius 3 is 2.47 bits per heavy atom. The lowest BCUT2D eigenvalue weighted by Gasteiger charge is -2.18. The second kappa shape index (κ2) is 6.80. The Labute approximate surface area is 141 Å². The lowest BCUT2D eigenvalue weighted by atomic mass is 10.1. The minimum atomic E-state index is -0.237. The van der Waals surface area contributed by atoms with Crippen LogP contribution in [0.4, 0.5) is 4.39 Å². The van der Waals surface area contributed by atoms with Crippen molar-refractivity contribution in [2.45, 2.75) is 13.0 Å². The second-order valence-corrected chi connectivity index (χ2v) is 8.04. The number of benzene rings is 1. The highest BCUT2D eigenvalue weighted by Crippen LogP contribution is 2.39. The summed E-state index contributed by atoms with van der Waals surface area (Å²) in [4.78, 5) is 1.17. The van der Waals surface area contributed by atoms with Crippen molar-refractivity contribution in [3.8, 4) is 0 Å². The molecule has 0 aliphatic rings. The smallest absolute Gasteiger partial charge is 0.124 e. The van der Waals surface area contributed by atoms with Gasteiger partial charge < -0.3 is 5.32 Å². The molecule has 1 nitrogen and oxygen atoms in total. The molecule has 0 aliphatic carbocycles. The monoisotopic (exact) mass is 469 g/mol. The van der Waals surface area contributed by atoms with Crippen LogP contribution in [-0.4, -0.2) is 6.54 Å². The zero-order chi connectivity index (χ0) is 14.0. The molecule has 0 aliphatic heterocycles. The highest BCUT2D eigenvalue weighted by atomic mass is 79.9. The van der Waals surface area contributed by atoms with E-state index >= 15 is 0 Å². The number of hydrogen-bond acceptors (Lipinski definition) is 2. The van der Waals surface area contributed by atoms with Gasteiger partial charge in [-0.15, -0.1) is 11.3 Å². The predicted octanol–water partition coefficient (Wildman–Crippen LogP) is 5.87. The van der Waals surface area contributed by atoms with E-state index in [1.54, 1.807) is 11.3 Å². The average molecular weight is 472 g/mol. The average Bonchev–Trinajstić information content (AvgIpc) is 2.67. The summed E-state index contributed by atoms with van der Waals surface area (Å²) < 4.78 is 16.1. The molecule has 0 radical (unpaired) electrons. The van der Waals surface area contributed by atoms with Crippen LogP contribution in [0.3, 0.4) is 0 Å². The third kappa shape index (κ3) is 3.67. The van der Waals surface area contributed by atoms with Crippen molar-refractivity contribution in [3.63, 3.8) is 0 Å². The van der Waals surface area contributed by atoms with Gasteiger partial charge in [-0.3, -0.25) is 0 Å². The van der Waals surface area contributed by atoms with E-state index in [0.29, 0.717) is 0 Å². The Morgan fingerprint density at radius 2 is 1.95 bits per heavy atom. The Kier molecular flexibility index (Phi) is 5.60. The van der Waals surface area contributed by atoms with Crippen LogP contribution >= 0.6 is 59.1 Å². The van der Waals surface area contributed by atoms with Gasteiger partial charge in [0, 0.05) is 13.8 Å². The number of nitrogens with one attached hydrogen (secondary N) is 1. The standard InChI is InChI=1S/C13H11Br3FNS/c1-2-18-12(11-6-10(15)13(16)19-11)8-4-3-7(17)5-9(8)14/h3-6,12,18H,2H2,1H3. The zero-order valence-corrected chi connectivity index (χ0v) is 15.6. The summed E-state index contributed by atoms with van der Waals surface area (Å²) in [5, 5.41) is 3.43. The molecule has 0 saturated carbocycles. The molecule has 0 saturated heterocycles. The summed E-state index contributed by atoms with van der Waals surface area (Å²) in [6, 6.07) is 6.93. The summed E-state index contributed by atoms with van der Waals surface area (Å²) >= 11 is 12.1. The third-order valence-electron chi connectivity index (χ3n) is 2.63. The molecular formula is C13H11Br3FNS. The number of rotatable bonds is 4. The Hall–Kier alpha value is 0.250. The van der Waals surface area contributed by atoms with Gasteiger partial charge in [0.2, 0.25) is 0 Å². The maximum atomic E-state index is 13.2. The van der Waals surface area contributed by atoms with Crippen LogP contribution < -0.4 is 5.32 Å². The molecule has 6 heteroatoms. The van der Waals surface area contributed by atoms with Gasteiger partial charge in [-0.1, -0.05) is 28.9 Å². The van der Waals surface area contributed by atoms with Gasteiger partial charge in [-0.2, -0.15) is 0 Å². The van der Waals surface area contributed by atoms with Gasteiger partial charge in [-0.05, 0) is 62.2 Å². The molecule has 1 atom stereocenters. The fourth-order valence-electron chi connectivity index (χ4n) is 1.81. The van der Waals surface area contributed by atoms with Crippen molar-refractivity contribution >= 4 is 59.1 Å². The van der Waals surface area contributed by atoms with Gasteiger partial charge in [-0.25, -0.2) is 4.39 Å². The lowest BCUT2D eigenvalue weighted by molar-refractivity contribution is 0.614. The van der Waals surface area contributed by atoms with Crippen LogP contribution in [0.1, 0.15) is 23.4 Å². The van der Waals surface area contributed by atoms with E-state index in [1.807, 2.05) is 6.07 Å². The molecule has 19 heavy (non-hydrogen) atoms. The molecule has 0 bridgehead atoms. The molecule has 1 aromatic heterocycles. The summed E-state index contributed by atoms with van der Waals surface area (Å²) in [6.45, 7) is 2.89. The Morgan fingerprint density at radius 1 is 1.21 bits per heavy atom. The molecule has 1 heterocycles. The van der Waals surface area contributed by atoms with Crippen LogP contribution in [0.25, 0.3) is 0 Å². The minimum Gasteiger partial charge on any atom is -0.306 e. The van der Waals surface area contributed by atoms with E-state index in [0.717, 1.165) is 24.8 Å². The summed E-state index contributed by atoms with van der Waals surface area (Å²) in [5.74, 6) is -0.237. The topological polar surface area (TPSA) is 12.0 Å². The first-order chi connectivity index (χ1) is 9.02. The maximum Gasteiger partial charge on any atom is 0.124 e.